The molecule has 2 aromatic heterocycles. The van der Waals surface area contributed by atoms with Crippen LogP contribution >= 0.6 is 23.2 Å². The topological polar surface area (TPSA) is 87.8 Å². The van der Waals surface area contributed by atoms with Gasteiger partial charge in [0.2, 0.25) is 0 Å². The number of nitrogens with one attached hydrogen (secondary N) is 1. The van der Waals surface area contributed by atoms with Gasteiger partial charge in [0.1, 0.15) is 5.82 Å². The van der Waals surface area contributed by atoms with Gasteiger partial charge in [0.25, 0.3) is 0 Å². The summed E-state index contributed by atoms with van der Waals surface area (Å²) in [5, 5.41) is 27.9. The normalized spacial score (nSPS) is 17.4. The number of aliphatic hydroxyl groups is 1. The van der Waals surface area contributed by atoms with Gasteiger partial charge >= 0.3 is 0 Å². The Morgan fingerprint density at radius 1 is 1.14 bits per heavy atom. The number of β-amino-alcohol motifs (C(OH)–C–C–N with tert-alkyl or cyclic N) is 1. The van der Waals surface area contributed by atoms with E-state index in [1.54, 1.807) is 22.7 Å². The predicted octanol–water partition coefficient (Wildman–Crippen LogP) is 2.59. The highest BCUT2D eigenvalue weighted by atomic mass is 35.5. The van der Waals surface area contributed by atoms with E-state index in [0.29, 0.717) is 53.6 Å². The summed E-state index contributed by atoms with van der Waals surface area (Å²) in [6, 6.07) is 8.81. The Bertz CT molecular complexity index is 983. The molecule has 3 heterocycles. The molecule has 154 valence electrons. The number of hydrogen-bond acceptors (Lipinski definition) is 7. The summed E-state index contributed by atoms with van der Waals surface area (Å²) in [4.78, 5) is 2.20. The van der Waals surface area contributed by atoms with E-state index in [1.165, 1.54) is 0 Å². The van der Waals surface area contributed by atoms with Crippen LogP contribution in [0.5, 0.6) is 0 Å². The van der Waals surface area contributed by atoms with Gasteiger partial charge in [-0.1, -0.05) is 23.2 Å². The molecule has 1 unspecified atom stereocenters. The zero-order valence-electron chi connectivity index (χ0n) is 16.0. The molecule has 1 aliphatic heterocycles. The highest BCUT2D eigenvalue weighted by Gasteiger charge is 2.25. The van der Waals surface area contributed by atoms with Gasteiger partial charge in [-0.25, -0.2) is 0 Å². The first kappa shape index (κ1) is 20.3. The molecule has 1 atom stereocenters. The minimum absolute atomic E-state index is 0.351. The van der Waals surface area contributed by atoms with E-state index >= 15 is 0 Å². The number of hydrogen-bond donors (Lipinski definition) is 2. The largest absolute Gasteiger partial charge is 0.387 e. The Hall–Kier alpha value is -1.97. The number of halogens is 2. The fraction of sp³-hybridized carbons (Fsp3) is 0.421. The van der Waals surface area contributed by atoms with Crippen LogP contribution in [-0.2, 0) is 4.74 Å². The number of morpholine rings is 1. The Morgan fingerprint density at radius 2 is 1.86 bits per heavy atom. The van der Waals surface area contributed by atoms with E-state index in [1.807, 2.05) is 19.1 Å². The SMILES string of the molecule is CC(O)(CNc1ccc2nnc(-c3cc(Cl)cc(Cl)c3)n2n1)CN1CCOCC1. The van der Waals surface area contributed by atoms with Gasteiger partial charge in [-0.15, -0.1) is 15.3 Å². The maximum Gasteiger partial charge on any atom is 0.185 e. The lowest BCUT2D eigenvalue weighted by atomic mass is 10.1. The predicted molar refractivity (Wildman–Crippen MR) is 113 cm³/mol. The third-order valence-corrected chi connectivity index (χ3v) is 5.14. The van der Waals surface area contributed by atoms with Crippen LogP contribution in [0, 0.1) is 0 Å². The van der Waals surface area contributed by atoms with Gasteiger partial charge in [-0.2, -0.15) is 4.52 Å². The van der Waals surface area contributed by atoms with Crippen molar-refractivity contribution in [1.29, 1.82) is 0 Å². The molecular weight excluding hydrogens is 415 g/mol. The minimum atomic E-state index is -0.912. The third kappa shape index (κ3) is 4.96. The molecule has 1 aromatic carbocycles. The summed E-state index contributed by atoms with van der Waals surface area (Å²) in [6.07, 6.45) is 0. The van der Waals surface area contributed by atoms with E-state index < -0.39 is 5.60 Å². The fourth-order valence-corrected chi connectivity index (χ4v) is 3.85. The summed E-state index contributed by atoms with van der Waals surface area (Å²) >= 11 is 12.2. The quantitative estimate of drug-likeness (QED) is 0.613. The Morgan fingerprint density at radius 3 is 2.59 bits per heavy atom. The number of aromatic nitrogens is 4. The first-order valence-corrected chi connectivity index (χ1v) is 10.1. The van der Waals surface area contributed by atoms with E-state index in [4.69, 9.17) is 27.9 Å². The molecule has 1 fully saturated rings. The van der Waals surface area contributed by atoms with E-state index in [0.717, 1.165) is 18.7 Å². The maximum absolute atomic E-state index is 10.8. The van der Waals surface area contributed by atoms with Crippen LogP contribution in [0.25, 0.3) is 17.0 Å². The Kier molecular flexibility index (Phi) is 5.89. The lowest BCUT2D eigenvalue weighted by Gasteiger charge is -2.33. The highest BCUT2D eigenvalue weighted by molar-refractivity contribution is 6.35. The third-order valence-electron chi connectivity index (χ3n) is 4.70. The van der Waals surface area contributed by atoms with Crippen molar-refractivity contribution in [3.8, 4) is 11.4 Å². The molecule has 4 rings (SSSR count). The van der Waals surface area contributed by atoms with Crippen molar-refractivity contribution in [1.82, 2.24) is 24.7 Å². The lowest BCUT2D eigenvalue weighted by Crippen LogP contribution is -2.49. The smallest absolute Gasteiger partial charge is 0.185 e. The van der Waals surface area contributed by atoms with Crippen molar-refractivity contribution in [3.63, 3.8) is 0 Å². The number of benzene rings is 1. The molecule has 8 nitrogen and oxygen atoms in total. The van der Waals surface area contributed by atoms with Crippen molar-refractivity contribution < 1.29 is 9.84 Å². The summed E-state index contributed by atoms with van der Waals surface area (Å²) < 4.78 is 6.99. The number of rotatable bonds is 6. The van der Waals surface area contributed by atoms with Crippen molar-refractivity contribution >= 4 is 34.7 Å². The zero-order valence-corrected chi connectivity index (χ0v) is 17.5. The molecule has 29 heavy (non-hydrogen) atoms. The summed E-state index contributed by atoms with van der Waals surface area (Å²) in [6.45, 7) is 5.77. The summed E-state index contributed by atoms with van der Waals surface area (Å²) in [5.41, 5.74) is 0.408. The number of nitrogens with zero attached hydrogens (tertiary/aromatic N) is 5. The number of ether oxygens (including phenoxy) is 1. The minimum Gasteiger partial charge on any atom is -0.387 e. The van der Waals surface area contributed by atoms with Crippen LogP contribution in [-0.4, -0.2) is 74.8 Å². The van der Waals surface area contributed by atoms with Gasteiger partial charge in [-0.3, -0.25) is 4.90 Å². The fourth-order valence-electron chi connectivity index (χ4n) is 3.32. The van der Waals surface area contributed by atoms with Crippen LogP contribution in [0.4, 0.5) is 5.82 Å². The van der Waals surface area contributed by atoms with Crippen molar-refractivity contribution in [2.75, 3.05) is 44.7 Å². The Labute approximate surface area is 178 Å². The van der Waals surface area contributed by atoms with Gasteiger partial charge in [0.15, 0.2) is 11.5 Å². The number of fused-ring (bicyclic) bond motifs is 1. The van der Waals surface area contributed by atoms with E-state index in [9.17, 15) is 5.11 Å². The van der Waals surface area contributed by atoms with E-state index in [-0.39, 0.29) is 0 Å². The molecule has 0 aliphatic carbocycles. The summed E-state index contributed by atoms with van der Waals surface area (Å²) in [5.74, 6) is 1.14. The zero-order chi connectivity index (χ0) is 20.4. The first-order valence-electron chi connectivity index (χ1n) is 9.35. The van der Waals surface area contributed by atoms with Crippen LogP contribution in [0.1, 0.15) is 6.92 Å². The van der Waals surface area contributed by atoms with Gasteiger partial charge in [0.05, 0.1) is 18.8 Å². The summed E-state index contributed by atoms with van der Waals surface area (Å²) in [7, 11) is 0. The van der Waals surface area contributed by atoms with Crippen molar-refractivity contribution in [3.05, 3.63) is 40.4 Å². The Balaban J connectivity index is 1.51. The van der Waals surface area contributed by atoms with E-state index in [2.05, 4.69) is 25.5 Å². The van der Waals surface area contributed by atoms with Crippen LogP contribution in [0.15, 0.2) is 30.3 Å². The van der Waals surface area contributed by atoms with Crippen LogP contribution in [0.3, 0.4) is 0 Å². The molecule has 3 aromatic rings. The molecule has 1 aliphatic rings. The lowest BCUT2D eigenvalue weighted by molar-refractivity contribution is -0.0164. The average molecular weight is 437 g/mol. The second-order valence-corrected chi connectivity index (χ2v) is 8.28. The monoisotopic (exact) mass is 436 g/mol. The average Bonchev–Trinajstić information content (AvgIpc) is 3.09. The van der Waals surface area contributed by atoms with Crippen molar-refractivity contribution in [2.24, 2.45) is 0 Å². The first-order chi connectivity index (χ1) is 13.9. The van der Waals surface area contributed by atoms with Crippen LogP contribution in [0.2, 0.25) is 10.0 Å². The molecule has 10 heteroatoms. The second kappa shape index (κ2) is 8.41. The molecule has 0 saturated carbocycles. The van der Waals surface area contributed by atoms with Gasteiger partial charge in [-0.05, 0) is 37.3 Å². The molecule has 0 bridgehead atoms. The molecule has 0 amide bonds. The second-order valence-electron chi connectivity index (χ2n) is 7.41. The van der Waals surface area contributed by atoms with Gasteiger partial charge in [0, 0.05) is 41.8 Å². The maximum atomic E-state index is 10.8. The molecule has 0 spiro atoms. The van der Waals surface area contributed by atoms with Gasteiger partial charge < -0.3 is 15.2 Å². The van der Waals surface area contributed by atoms with Crippen LogP contribution < -0.4 is 5.32 Å². The molecule has 0 radical (unpaired) electrons. The standard InChI is InChI=1S/C19H22Cl2N6O2/c1-19(28,12-26-4-6-29-7-5-26)11-22-16-2-3-17-23-24-18(27(17)25-16)13-8-14(20)10-15(21)9-13/h2-3,8-10,28H,4-7,11-12H2,1H3,(H,22,25). The molecule has 2 N–H and O–H groups in total. The highest BCUT2D eigenvalue weighted by Crippen LogP contribution is 2.26. The van der Waals surface area contributed by atoms with Crippen molar-refractivity contribution in [2.45, 2.75) is 12.5 Å². The number of anilines is 1. The molecular formula is C19H22Cl2N6O2. The molecule has 1 saturated heterocycles.